The predicted molar refractivity (Wildman–Crippen MR) is 81.0 cm³/mol. The third-order valence-corrected chi connectivity index (χ3v) is 3.57. The zero-order valence-electron chi connectivity index (χ0n) is 12.2. The third kappa shape index (κ3) is 2.35. The SMILES string of the molecule is Cc1c(C(=O)O)cc(-c2ccccc2)cc1-n1nnnc1C. The van der Waals surface area contributed by atoms with Crippen LogP contribution in [-0.2, 0) is 0 Å². The quantitative estimate of drug-likeness (QED) is 0.803. The molecule has 0 aliphatic carbocycles. The molecule has 0 amide bonds. The van der Waals surface area contributed by atoms with Gasteiger partial charge in [-0.1, -0.05) is 30.3 Å². The van der Waals surface area contributed by atoms with Gasteiger partial charge in [0.25, 0.3) is 0 Å². The first-order valence-corrected chi connectivity index (χ1v) is 6.76. The Kier molecular flexibility index (Phi) is 3.42. The van der Waals surface area contributed by atoms with Crippen LogP contribution in [0.25, 0.3) is 16.8 Å². The molecule has 6 heteroatoms. The summed E-state index contributed by atoms with van der Waals surface area (Å²) in [5.41, 5.74) is 3.29. The lowest BCUT2D eigenvalue weighted by Crippen LogP contribution is -2.08. The topological polar surface area (TPSA) is 80.9 Å². The van der Waals surface area contributed by atoms with Gasteiger partial charge in [0.05, 0.1) is 11.3 Å². The Morgan fingerprint density at radius 1 is 1.09 bits per heavy atom. The fraction of sp³-hybridized carbons (Fsp3) is 0.125. The molecular formula is C16H14N4O2. The molecular weight excluding hydrogens is 280 g/mol. The van der Waals surface area contributed by atoms with Crippen LogP contribution >= 0.6 is 0 Å². The number of nitrogens with zero attached hydrogens (tertiary/aromatic N) is 4. The van der Waals surface area contributed by atoms with E-state index in [-0.39, 0.29) is 5.56 Å². The van der Waals surface area contributed by atoms with Gasteiger partial charge in [-0.25, -0.2) is 4.79 Å². The van der Waals surface area contributed by atoms with E-state index in [0.29, 0.717) is 17.1 Å². The van der Waals surface area contributed by atoms with Crippen LogP contribution in [0.4, 0.5) is 0 Å². The molecule has 0 fully saturated rings. The minimum atomic E-state index is -0.970. The van der Waals surface area contributed by atoms with Crippen molar-refractivity contribution >= 4 is 5.97 Å². The fourth-order valence-corrected chi connectivity index (χ4v) is 2.39. The summed E-state index contributed by atoms with van der Waals surface area (Å²) in [7, 11) is 0. The molecule has 110 valence electrons. The number of carbonyl (C=O) groups is 1. The molecule has 0 aliphatic heterocycles. The van der Waals surface area contributed by atoms with E-state index in [9.17, 15) is 9.90 Å². The van der Waals surface area contributed by atoms with Crippen LogP contribution in [-0.4, -0.2) is 31.3 Å². The highest BCUT2D eigenvalue weighted by molar-refractivity contribution is 5.92. The summed E-state index contributed by atoms with van der Waals surface area (Å²) in [4.78, 5) is 11.6. The summed E-state index contributed by atoms with van der Waals surface area (Å²) in [6.45, 7) is 3.53. The van der Waals surface area contributed by atoms with E-state index in [0.717, 1.165) is 11.1 Å². The van der Waals surface area contributed by atoms with Gasteiger partial charge in [-0.15, -0.1) is 5.10 Å². The molecule has 2 aromatic carbocycles. The summed E-state index contributed by atoms with van der Waals surface area (Å²) in [5, 5.41) is 20.9. The van der Waals surface area contributed by atoms with Crippen LogP contribution in [0, 0.1) is 13.8 Å². The highest BCUT2D eigenvalue weighted by Gasteiger charge is 2.17. The second kappa shape index (κ2) is 5.40. The molecule has 0 unspecified atom stereocenters. The summed E-state index contributed by atoms with van der Waals surface area (Å²) in [6.07, 6.45) is 0. The summed E-state index contributed by atoms with van der Waals surface area (Å²) >= 11 is 0. The maximum Gasteiger partial charge on any atom is 0.336 e. The number of aryl methyl sites for hydroxylation is 1. The van der Waals surface area contributed by atoms with Crippen molar-refractivity contribution in [1.29, 1.82) is 0 Å². The number of rotatable bonds is 3. The van der Waals surface area contributed by atoms with Crippen molar-refractivity contribution in [2.75, 3.05) is 0 Å². The van der Waals surface area contributed by atoms with Gasteiger partial charge in [-0.05, 0) is 53.1 Å². The van der Waals surface area contributed by atoms with Gasteiger partial charge in [0.1, 0.15) is 0 Å². The lowest BCUT2D eigenvalue weighted by Gasteiger charge is -2.12. The largest absolute Gasteiger partial charge is 0.478 e. The average molecular weight is 294 g/mol. The Hall–Kier alpha value is -3.02. The molecule has 6 nitrogen and oxygen atoms in total. The van der Waals surface area contributed by atoms with E-state index >= 15 is 0 Å². The van der Waals surface area contributed by atoms with E-state index in [1.807, 2.05) is 36.4 Å². The Bertz CT molecular complexity index is 841. The van der Waals surface area contributed by atoms with Gasteiger partial charge in [0.2, 0.25) is 0 Å². The van der Waals surface area contributed by atoms with Crippen molar-refractivity contribution in [2.45, 2.75) is 13.8 Å². The molecule has 1 N–H and O–H groups in total. The second-order valence-corrected chi connectivity index (χ2v) is 4.98. The summed E-state index contributed by atoms with van der Waals surface area (Å²) in [6, 6.07) is 13.2. The Labute approximate surface area is 127 Å². The van der Waals surface area contributed by atoms with Crippen LogP contribution in [0.15, 0.2) is 42.5 Å². The van der Waals surface area contributed by atoms with Crippen LogP contribution < -0.4 is 0 Å². The third-order valence-electron chi connectivity index (χ3n) is 3.57. The van der Waals surface area contributed by atoms with E-state index in [1.54, 1.807) is 24.6 Å². The number of hydrogen-bond acceptors (Lipinski definition) is 4. The van der Waals surface area contributed by atoms with Gasteiger partial charge in [-0.2, -0.15) is 4.68 Å². The Morgan fingerprint density at radius 2 is 1.82 bits per heavy atom. The maximum atomic E-state index is 11.6. The predicted octanol–water partition coefficient (Wildman–Crippen LogP) is 2.64. The molecule has 0 spiro atoms. The van der Waals surface area contributed by atoms with Gasteiger partial charge in [0.15, 0.2) is 5.82 Å². The van der Waals surface area contributed by atoms with E-state index in [4.69, 9.17) is 0 Å². The number of carboxylic acid groups (broad SMARTS) is 1. The number of carboxylic acids is 1. The molecule has 0 aliphatic rings. The van der Waals surface area contributed by atoms with Gasteiger partial charge >= 0.3 is 5.97 Å². The van der Waals surface area contributed by atoms with Crippen LogP contribution in [0.2, 0.25) is 0 Å². The van der Waals surface area contributed by atoms with Gasteiger partial charge in [-0.3, -0.25) is 0 Å². The standard InChI is InChI=1S/C16H14N4O2/c1-10-14(16(21)22)8-13(12-6-4-3-5-7-12)9-15(10)20-11(2)17-18-19-20/h3-9H,1-2H3,(H,21,22). The Morgan fingerprint density at radius 3 is 2.41 bits per heavy atom. The van der Waals surface area contributed by atoms with Gasteiger partial charge in [0, 0.05) is 0 Å². The first-order valence-electron chi connectivity index (χ1n) is 6.76. The van der Waals surface area contributed by atoms with E-state index in [2.05, 4.69) is 15.5 Å². The maximum absolute atomic E-state index is 11.6. The second-order valence-electron chi connectivity index (χ2n) is 4.98. The highest BCUT2D eigenvalue weighted by atomic mass is 16.4. The molecule has 3 rings (SSSR count). The zero-order valence-corrected chi connectivity index (χ0v) is 12.2. The van der Waals surface area contributed by atoms with Crippen LogP contribution in [0.1, 0.15) is 21.7 Å². The van der Waals surface area contributed by atoms with Gasteiger partial charge < -0.3 is 5.11 Å². The molecule has 0 radical (unpaired) electrons. The minimum Gasteiger partial charge on any atom is -0.478 e. The number of tetrazole rings is 1. The molecule has 1 heterocycles. The first-order chi connectivity index (χ1) is 10.6. The minimum absolute atomic E-state index is 0.242. The normalized spacial score (nSPS) is 10.6. The molecule has 1 aromatic heterocycles. The zero-order chi connectivity index (χ0) is 15.7. The monoisotopic (exact) mass is 294 g/mol. The highest BCUT2D eigenvalue weighted by Crippen LogP contribution is 2.27. The lowest BCUT2D eigenvalue weighted by molar-refractivity contribution is 0.0696. The Balaban J connectivity index is 2.28. The number of hydrogen-bond donors (Lipinski definition) is 1. The molecule has 0 atom stereocenters. The van der Waals surface area contributed by atoms with Crippen LogP contribution in [0.3, 0.4) is 0 Å². The molecule has 0 saturated heterocycles. The van der Waals surface area contributed by atoms with Crippen molar-refractivity contribution in [1.82, 2.24) is 20.2 Å². The van der Waals surface area contributed by atoms with Crippen molar-refractivity contribution < 1.29 is 9.90 Å². The molecule has 3 aromatic rings. The fourth-order valence-electron chi connectivity index (χ4n) is 2.39. The number of aromatic nitrogens is 4. The number of aromatic carboxylic acids is 1. The summed E-state index contributed by atoms with van der Waals surface area (Å²) in [5.74, 6) is -0.369. The van der Waals surface area contributed by atoms with E-state index < -0.39 is 5.97 Å². The van der Waals surface area contributed by atoms with Crippen molar-refractivity contribution in [3.63, 3.8) is 0 Å². The van der Waals surface area contributed by atoms with E-state index in [1.165, 1.54) is 0 Å². The summed E-state index contributed by atoms with van der Waals surface area (Å²) < 4.78 is 1.55. The number of benzene rings is 2. The van der Waals surface area contributed by atoms with Crippen molar-refractivity contribution in [3.05, 3.63) is 59.4 Å². The van der Waals surface area contributed by atoms with Crippen molar-refractivity contribution in [3.8, 4) is 16.8 Å². The molecule has 22 heavy (non-hydrogen) atoms. The lowest BCUT2D eigenvalue weighted by atomic mass is 9.98. The van der Waals surface area contributed by atoms with Crippen LogP contribution in [0.5, 0.6) is 0 Å². The first kappa shape index (κ1) is 13.9. The van der Waals surface area contributed by atoms with Crippen molar-refractivity contribution in [2.24, 2.45) is 0 Å². The molecule has 0 saturated carbocycles. The smallest absolute Gasteiger partial charge is 0.336 e. The average Bonchev–Trinajstić information content (AvgIpc) is 2.94. The molecule has 0 bridgehead atoms.